The molecule has 1 N–H and O–H groups in total. The van der Waals surface area contributed by atoms with Gasteiger partial charge >= 0.3 is 0 Å². The van der Waals surface area contributed by atoms with Gasteiger partial charge in [-0.25, -0.2) is 0 Å². The summed E-state index contributed by atoms with van der Waals surface area (Å²) < 4.78 is 0. The number of nitrogens with zero attached hydrogens (tertiary/aromatic N) is 1. The number of likely N-dealkylation sites (N-methyl/N-ethyl adjacent to an activating group) is 1. The lowest BCUT2D eigenvalue weighted by molar-refractivity contribution is 0.0571. The molecule has 3 atom stereocenters. The van der Waals surface area contributed by atoms with E-state index in [-0.39, 0.29) is 0 Å². The van der Waals surface area contributed by atoms with Crippen molar-refractivity contribution in [3.05, 3.63) is 0 Å². The Morgan fingerprint density at radius 3 is 2.32 bits per heavy atom. The molecule has 2 heteroatoms. The molecule has 1 heterocycles. The number of nitrogens with one attached hydrogen (secondary N) is 1. The number of rotatable bonds is 4. The summed E-state index contributed by atoms with van der Waals surface area (Å²) in [5, 5.41) is 3.59. The maximum atomic E-state index is 3.59. The van der Waals surface area contributed by atoms with Crippen LogP contribution in [-0.4, -0.2) is 37.1 Å². The first-order chi connectivity index (χ1) is 9.15. The summed E-state index contributed by atoms with van der Waals surface area (Å²) in [5.41, 5.74) is 0. The van der Waals surface area contributed by atoms with Crippen LogP contribution in [0.2, 0.25) is 0 Å². The molecular weight excluding hydrogens is 232 g/mol. The summed E-state index contributed by atoms with van der Waals surface area (Å²) in [6.45, 7) is 9.85. The van der Waals surface area contributed by atoms with E-state index >= 15 is 0 Å². The molecule has 2 rings (SSSR count). The topological polar surface area (TPSA) is 15.3 Å². The standard InChI is InChI=1S/C17H34N2/c1-5-14-8-10-19(11-9-14)17-12-15(13(2)3)6-7-16(17)18-4/h13-18H,5-12H2,1-4H3. The third-order valence-corrected chi connectivity index (χ3v) is 5.87. The molecular formula is C17H34N2. The number of hydrogen-bond donors (Lipinski definition) is 1. The predicted octanol–water partition coefficient (Wildman–Crippen LogP) is 3.52. The maximum absolute atomic E-state index is 3.59. The van der Waals surface area contributed by atoms with E-state index in [0.29, 0.717) is 0 Å². The summed E-state index contributed by atoms with van der Waals surface area (Å²) >= 11 is 0. The third kappa shape index (κ3) is 3.72. The average Bonchev–Trinajstić information content (AvgIpc) is 2.46. The molecule has 0 bridgehead atoms. The van der Waals surface area contributed by atoms with Gasteiger partial charge in [0.2, 0.25) is 0 Å². The Hall–Kier alpha value is -0.0800. The van der Waals surface area contributed by atoms with Crippen LogP contribution >= 0.6 is 0 Å². The van der Waals surface area contributed by atoms with Gasteiger partial charge in [-0.2, -0.15) is 0 Å². The Labute approximate surface area is 120 Å². The highest BCUT2D eigenvalue weighted by atomic mass is 15.2. The maximum Gasteiger partial charge on any atom is 0.0251 e. The quantitative estimate of drug-likeness (QED) is 0.837. The van der Waals surface area contributed by atoms with E-state index in [9.17, 15) is 0 Å². The van der Waals surface area contributed by atoms with Gasteiger partial charge in [-0.15, -0.1) is 0 Å². The first kappa shape index (κ1) is 15.3. The molecule has 19 heavy (non-hydrogen) atoms. The summed E-state index contributed by atoms with van der Waals surface area (Å²) in [6, 6.07) is 1.53. The molecule has 1 saturated carbocycles. The van der Waals surface area contributed by atoms with E-state index in [2.05, 4.69) is 38.0 Å². The Balaban J connectivity index is 1.94. The highest BCUT2D eigenvalue weighted by Gasteiger charge is 2.35. The second kappa shape index (κ2) is 7.08. The highest BCUT2D eigenvalue weighted by molar-refractivity contribution is 4.92. The Morgan fingerprint density at radius 1 is 1.11 bits per heavy atom. The minimum absolute atomic E-state index is 0.730. The second-order valence-corrected chi connectivity index (χ2v) is 7.17. The van der Waals surface area contributed by atoms with Crippen LogP contribution in [0.5, 0.6) is 0 Å². The zero-order chi connectivity index (χ0) is 13.8. The van der Waals surface area contributed by atoms with Gasteiger partial charge in [-0.3, -0.25) is 4.90 Å². The van der Waals surface area contributed by atoms with Crippen LogP contribution in [0.3, 0.4) is 0 Å². The number of piperidine rings is 1. The average molecular weight is 266 g/mol. The summed E-state index contributed by atoms with van der Waals surface area (Å²) in [7, 11) is 2.16. The molecule has 0 aromatic carbocycles. The van der Waals surface area contributed by atoms with Crippen LogP contribution in [0, 0.1) is 17.8 Å². The van der Waals surface area contributed by atoms with Crippen molar-refractivity contribution in [2.45, 2.75) is 71.4 Å². The molecule has 1 saturated heterocycles. The number of likely N-dealkylation sites (tertiary alicyclic amines) is 1. The van der Waals surface area contributed by atoms with E-state index in [1.165, 1.54) is 51.6 Å². The van der Waals surface area contributed by atoms with E-state index < -0.39 is 0 Å². The molecule has 0 amide bonds. The molecule has 0 aromatic heterocycles. The smallest absolute Gasteiger partial charge is 0.0251 e. The van der Waals surface area contributed by atoms with Gasteiger partial charge in [0, 0.05) is 12.1 Å². The van der Waals surface area contributed by atoms with Crippen molar-refractivity contribution in [2.24, 2.45) is 17.8 Å². The fourth-order valence-electron chi connectivity index (χ4n) is 4.22. The van der Waals surface area contributed by atoms with Crippen LogP contribution in [0.4, 0.5) is 0 Å². The monoisotopic (exact) mass is 266 g/mol. The van der Waals surface area contributed by atoms with Gasteiger partial charge in [-0.1, -0.05) is 27.2 Å². The molecule has 1 aliphatic carbocycles. The Kier molecular flexibility index (Phi) is 5.70. The summed E-state index contributed by atoms with van der Waals surface area (Å²) in [4.78, 5) is 2.81. The van der Waals surface area contributed by atoms with E-state index in [4.69, 9.17) is 0 Å². The van der Waals surface area contributed by atoms with E-state index in [1.54, 1.807) is 0 Å². The van der Waals surface area contributed by atoms with Crippen LogP contribution in [0.25, 0.3) is 0 Å². The fraction of sp³-hybridized carbons (Fsp3) is 1.00. The van der Waals surface area contributed by atoms with Gasteiger partial charge in [0.1, 0.15) is 0 Å². The molecule has 2 fully saturated rings. The van der Waals surface area contributed by atoms with E-state index in [0.717, 1.165) is 29.8 Å². The molecule has 1 aliphatic heterocycles. The van der Waals surface area contributed by atoms with Gasteiger partial charge < -0.3 is 5.32 Å². The number of hydrogen-bond acceptors (Lipinski definition) is 2. The van der Waals surface area contributed by atoms with Crippen molar-refractivity contribution >= 4 is 0 Å². The minimum Gasteiger partial charge on any atom is -0.315 e. The van der Waals surface area contributed by atoms with Crippen LogP contribution in [0.1, 0.15) is 59.3 Å². The zero-order valence-corrected chi connectivity index (χ0v) is 13.5. The molecule has 3 unspecified atom stereocenters. The van der Waals surface area contributed by atoms with Crippen molar-refractivity contribution in [3.63, 3.8) is 0 Å². The van der Waals surface area contributed by atoms with Crippen LogP contribution in [0.15, 0.2) is 0 Å². The Morgan fingerprint density at radius 2 is 1.79 bits per heavy atom. The van der Waals surface area contributed by atoms with Gasteiger partial charge in [0.05, 0.1) is 0 Å². The minimum atomic E-state index is 0.730. The van der Waals surface area contributed by atoms with Gasteiger partial charge in [0.15, 0.2) is 0 Å². The zero-order valence-electron chi connectivity index (χ0n) is 13.5. The van der Waals surface area contributed by atoms with Gasteiger partial charge in [0.25, 0.3) is 0 Å². The first-order valence-electron chi connectivity index (χ1n) is 8.57. The summed E-state index contributed by atoms with van der Waals surface area (Å²) in [6.07, 6.45) is 8.44. The lowest BCUT2D eigenvalue weighted by Gasteiger charge is -2.46. The Bertz CT molecular complexity index is 256. The fourth-order valence-corrected chi connectivity index (χ4v) is 4.22. The molecule has 0 spiro atoms. The summed E-state index contributed by atoms with van der Waals surface area (Å²) in [5.74, 6) is 2.79. The van der Waals surface area contributed by atoms with Crippen LogP contribution in [-0.2, 0) is 0 Å². The van der Waals surface area contributed by atoms with Crippen molar-refractivity contribution in [3.8, 4) is 0 Å². The molecule has 0 aromatic rings. The van der Waals surface area contributed by atoms with Crippen molar-refractivity contribution in [1.82, 2.24) is 10.2 Å². The largest absolute Gasteiger partial charge is 0.315 e. The first-order valence-corrected chi connectivity index (χ1v) is 8.57. The van der Waals surface area contributed by atoms with Crippen molar-refractivity contribution in [2.75, 3.05) is 20.1 Å². The molecule has 2 aliphatic rings. The SMILES string of the molecule is CCC1CCN(C2CC(C(C)C)CCC2NC)CC1. The second-order valence-electron chi connectivity index (χ2n) is 7.17. The van der Waals surface area contributed by atoms with Crippen molar-refractivity contribution in [1.29, 1.82) is 0 Å². The normalized spacial score (nSPS) is 34.9. The third-order valence-electron chi connectivity index (χ3n) is 5.87. The molecule has 0 radical (unpaired) electrons. The molecule has 2 nitrogen and oxygen atoms in total. The highest BCUT2D eigenvalue weighted by Crippen LogP contribution is 2.34. The van der Waals surface area contributed by atoms with Crippen molar-refractivity contribution < 1.29 is 0 Å². The lowest BCUT2D eigenvalue weighted by Crippen LogP contribution is -2.54. The van der Waals surface area contributed by atoms with E-state index in [1.807, 2.05) is 0 Å². The van der Waals surface area contributed by atoms with Crippen LogP contribution < -0.4 is 5.32 Å². The van der Waals surface area contributed by atoms with Gasteiger partial charge in [-0.05, 0) is 70.0 Å². The predicted molar refractivity (Wildman–Crippen MR) is 83.4 cm³/mol. The lowest BCUT2D eigenvalue weighted by atomic mass is 9.75. The molecule has 112 valence electrons.